The lowest BCUT2D eigenvalue weighted by molar-refractivity contribution is 0.523. The second-order valence-corrected chi connectivity index (χ2v) is 8.91. The van der Waals surface area contributed by atoms with Gasteiger partial charge in [0.2, 0.25) is 0 Å². The lowest BCUT2D eigenvalue weighted by Crippen LogP contribution is -1.84. The van der Waals surface area contributed by atoms with Crippen molar-refractivity contribution in [1.82, 2.24) is 0 Å². The number of hydrogen-bond donors (Lipinski definition) is 0. The number of rotatable bonds is 21. The van der Waals surface area contributed by atoms with Crippen LogP contribution in [0.3, 0.4) is 0 Å². The number of alkyl halides is 2. The minimum Gasteiger partial charge on any atom is -0.127 e. The fraction of sp³-hybridized carbons (Fsp3) is 1.00. The van der Waals surface area contributed by atoms with Crippen LogP contribution in [0.4, 0.5) is 0 Å². The second-order valence-electron chi connectivity index (χ2n) is 7.45. The molecule has 0 aromatic rings. The molecule has 0 atom stereocenters. The summed E-state index contributed by atoms with van der Waals surface area (Å²) in [5.74, 6) is 0.846. The summed E-state index contributed by atoms with van der Waals surface area (Å²) in [5, 5.41) is 0. The maximum Gasteiger partial charge on any atom is 0.0223 e. The van der Waals surface area contributed by atoms with E-state index in [0.717, 1.165) is 5.88 Å². The molecule has 0 radical (unpaired) electrons. The monoisotopic (exact) mass is 470 g/mol. The van der Waals surface area contributed by atoms with Crippen molar-refractivity contribution in [3.63, 3.8) is 0 Å². The Bertz CT molecular complexity index is 186. The highest BCUT2D eigenvalue weighted by Crippen LogP contribution is 2.14. The van der Waals surface area contributed by atoms with Crippen molar-refractivity contribution in [1.29, 1.82) is 0 Å². The molecule has 146 valence electrons. The molecule has 0 N–H and O–H groups in total. The minimum atomic E-state index is 0.846. The Kier molecular flexibility index (Phi) is 25.0. The minimum absolute atomic E-state index is 0.846. The van der Waals surface area contributed by atoms with Gasteiger partial charge in [0, 0.05) is 5.88 Å². The van der Waals surface area contributed by atoms with Gasteiger partial charge >= 0.3 is 0 Å². The van der Waals surface area contributed by atoms with Crippen LogP contribution in [0, 0.1) is 0 Å². The average Bonchev–Trinajstić information content (AvgIpc) is 2.60. The summed E-state index contributed by atoms with van der Waals surface area (Å²) in [5.41, 5.74) is 0. The summed E-state index contributed by atoms with van der Waals surface area (Å²) < 4.78 is 1.34. The molecule has 0 aliphatic rings. The van der Waals surface area contributed by atoms with Gasteiger partial charge in [-0.15, -0.1) is 11.6 Å². The molecule has 0 nitrogen and oxygen atoms in total. The lowest BCUT2D eigenvalue weighted by atomic mass is 10.0. The molecule has 2 heteroatoms. The van der Waals surface area contributed by atoms with E-state index in [4.69, 9.17) is 11.6 Å². The maximum absolute atomic E-state index is 5.69. The van der Waals surface area contributed by atoms with E-state index in [1.54, 1.807) is 0 Å². The molecule has 0 fully saturated rings. The Labute approximate surface area is 172 Å². The van der Waals surface area contributed by atoms with Gasteiger partial charge in [-0.3, -0.25) is 0 Å². The molecule has 0 unspecified atom stereocenters. The molecule has 0 rings (SSSR count). The Balaban J connectivity index is 2.93. The molecule has 0 aliphatic heterocycles. The van der Waals surface area contributed by atoms with E-state index < -0.39 is 0 Å². The van der Waals surface area contributed by atoms with Crippen molar-refractivity contribution in [2.75, 3.05) is 10.3 Å². The van der Waals surface area contributed by atoms with Crippen molar-refractivity contribution in [2.24, 2.45) is 0 Å². The van der Waals surface area contributed by atoms with Crippen LogP contribution in [0.5, 0.6) is 0 Å². The summed E-state index contributed by atoms with van der Waals surface area (Å²) in [4.78, 5) is 0. The largest absolute Gasteiger partial charge is 0.127 e. The SMILES string of the molecule is ClCCCCCCCCCCCCCCCCCCCCCCI. The van der Waals surface area contributed by atoms with E-state index in [9.17, 15) is 0 Å². The van der Waals surface area contributed by atoms with Gasteiger partial charge < -0.3 is 0 Å². The van der Waals surface area contributed by atoms with Gasteiger partial charge in [-0.25, -0.2) is 0 Å². The number of unbranched alkanes of at least 4 members (excludes halogenated alkanes) is 19. The molecular formula is C22H44ClI. The van der Waals surface area contributed by atoms with Crippen LogP contribution in [0.2, 0.25) is 0 Å². The first-order valence-corrected chi connectivity index (χ1v) is 13.1. The highest BCUT2D eigenvalue weighted by molar-refractivity contribution is 14.1. The van der Waals surface area contributed by atoms with E-state index in [2.05, 4.69) is 22.6 Å². The Morgan fingerprint density at radius 1 is 0.333 bits per heavy atom. The quantitative estimate of drug-likeness (QED) is 0.0889. The standard InChI is InChI=1S/C22H44ClI/c23-21-19-17-15-13-11-9-7-5-3-1-2-4-6-8-10-12-14-16-18-20-22-24/h1-22H2. The molecule has 0 spiro atoms. The third-order valence-corrected chi connectivity index (χ3v) is 6.05. The first kappa shape index (κ1) is 25.0. The van der Waals surface area contributed by atoms with Crippen molar-refractivity contribution in [2.45, 2.75) is 128 Å². The normalized spacial score (nSPS) is 11.2. The second kappa shape index (κ2) is 24.0. The molecule has 0 saturated heterocycles. The smallest absolute Gasteiger partial charge is 0.0223 e. The Morgan fingerprint density at radius 3 is 0.750 bits per heavy atom. The fourth-order valence-electron chi connectivity index (χ4n) is 3.37. The molecule has 0 amide bonds. The van der Waals surface area contributed by atoms with Crippen LogP contribution in [-0.2, 0) is 0 Å². The summed E-state index contributed by atoms with van der Waals surface area (Å²) in [6.07, 6.45) is 28.9. The topological polar surface area (TPSA) is 0 Å². The van der Waals surface area contributed by atoms with Gasteiger partial charge in [0.25, 0.3) is 0 Å². The Hall–Kier alpha value is 1.02. The van der Waals surface area contributed by atoms with Crippen molar-refractivity contribution in [3.8, 4) is 0 Å². The van der Waals surface area contributed by atoms with Crippen molar-refractivity contribution in [3.05, 3.63) is 0 Å². The van der Waals surface area contributed by atoms with Crippen molar-refractivity contribution < 1.29 is 0 Å². The van der Waals surface area contributed by atoms with E-state index in [1.165, 1.54) is 133 Å². The maximum atomic E-state index is 5.69. The lowest BCUT2D eigenvalue weighted by Gasteiger charge is -2.04. The highest BCUT2D eigenvalue weighted by atomic mass is 127. The number of hydrogen-bond acceptors (Lipinski definition) is 0. The molecular weight excluding hydrogens is 427 g/mol. The van der Waals surface area contributed by atoms with Gasteiger partial charge in [0.15, 0.2) is 0 Å². The first-order valence-electron chi connectivity index (χ1n) is 11.0. The number of halogens is 2. The van der Waals surface area contributed by atoms with Gasteiger partial charge in [0.1, 0.15) is 0 Å². The van der Waals surface area contributed by atoms with Gasteiger partial charge in [-0.2, -0.15) is 0 Å². The zero-order valence-corrected chi connectivity index (χ0v) is 19.2. The average molecular weight is 471 g/mol. The molecule has 0 heterocycles. The Morgan fingerprint density at radius 2 is 0.542 bits per heavy atom. The van der Waals surface area contributed by atoms with E-state index >= 15 is 0 Å². The zero-order chi connectivity index (χ0) is 17.6. The first-order chi connectivity index (χ1) is 11.9. The summed E-state index contributed by atoms with van der Waals surface area (Å²) >= 11 is 8.18. The summed E-state index contributed by atoms with van der Waals surface area (Å²) in [6, 6.07) is 0. The van der Waals surface area contributed by atoms with E-state index in [0.29, 0.717) is 0 Å². The van der Waals surface area contributed by atoms with Gasteiger partial charge in [0.05, 0.1) is 0 Å². The zero-order valence-electron chi connectivity index (χ0n) is 16.3. The van der Waals surface area contributed by atoms with E-state index in [1.807, 2.05) is 0 Å². The predicted molar refractivity (Wildman–Crippen MR) is 122 cm³/mol. The van der Waals surface area contributed by atoms with Crippen LogP contribution < -0.4 is 0 Å². The highest BCUT2D eigenvalue weighted by Gasteiger charge is 1.95. The molecule has 0 bridgehead atoms. The van der Waals surface area contributed by atoms with Crippen LogP contribution in [-0.4, -0.2) is 10.3 Å². The van der Waals surface area contributed by atoms with Crippen LogP contribution in [0.25, 0.3) is 0 Å². The third-order valence-electron chi connectivity index (χ3n) is 5.02. The molecule has 0 aromatic heterocycles. The molecule has 0 aliphatic carbocycles. The molecule has 24 heavy (non-hydrogen) atoms. The van der Waals surface area contributed by atoms with Gasteiger partial charge in [-0.05, 0) is 17.3 Å². The van der Waals surface area contributed by atoms with Crippen molar-refractivity contribution >= 4 is 34.2 Å². The third kappa shape index (κ3) is 23.0. The summed E-state index contributed by atoms with van der Waals surface area (Å²) in [7, 11) is 0. The fourth-order valence-corrected chi connectivity index (χ4v) is 4.10. The predicted octanol–water partition coefficient (Wildman–Crippen LogP) is 9.46. The van der Waals surface area contributed by atoms with Gasteiger partial charge in [-0.1, -0.05) is 138 Å². The summed E-state index contributed by atoms with van der Waals surface area (Å²) in [6.45, 7) is 0. The molecule has 0 saturated carbocycles. The van der Waals surface area contributed by atoms with E-state index in [-0.39, 0.29) is 0 Å². The van der Waals surface area contributed by atoms with Crippen LogP contribution >= 0.6 is 34.2 Å². The van der Waals surface area contributed by atoms with Crippen LogP contribution in [0.15, 0.2) is 0 Å². The molecule has 0 aromatic carbocycles. The van der Waals surface area contributed by atoms with Crippen LogP contribution in [0.1, 0.15) is 128 Å².